The van der Waals surface area contributed by atoms with Gasteiger partial charge in [-0.25, -0.2) is 4.98 Å². The van der Waals surface area contributed by atoms with Gasteiger partial charge in [0, 0.05) is 36.7 Å². The lowest BCUT2D eigenvalue weighted by molar-refractivity contribution is -0.115. The van der Waals surface area contributed by atoms with Crippen molar-refractivity contribution in [1.82, 2.24) is 4.98 Å². The minimum atomic E-state index is -0.930. The summed E-state index contributed by atoms with van der Waals surface area (Å²) in [6, 6.07) is 7.18. The molecule has 3 rings (SSSR count). The number of nitrogens with zero attached hydrogens (tertiary/aromatic N) is 3. The molecule has 1 N–H and O–H groups in total. The zero-order chi connectivity index (χ0) is 17.3. The van der Waals surface area contributed by atoms with Gasteiger partial charge in [-0.15, -0.1) is 11.3 Å². The van der Waals surface area contributed by atoms with Gasteiger partial charge in [0.1, 0.15) is 5.01 Å². The Morgan fingerprint density at radius 2 is 2.29 bits per heavy atom. The van der Waals surface area contributed by atoms with Gasteiger partial charge in [-0.3, -0.25) is 9.59 Å². The first-order chi connectivity index (χ1) is 11.5. The number of carbonyl (C=O) groups excluding carboxylic acids is 2. The molecule has 0 spiro atoms. The molecule has 0 saturated heterocycles. The van der Waals surface area contributed by atoms with Gasteiger partial charge in [-0.05, 0) is 25.1 Å². The highest BCUT2D eigenvalue weighted by molar-refractivity contribution is 7.10. The first-order valence-electron chi connectivity index (χ1n) is 7.50. The van der Waals surface area contributed by atoms with Crippen LogP contribution in [0.25, 0.3) is 0 Å². The van der Waals surface area contributed by atoms with Gasteiger partial charge < -0.3 is 10.2 Å². The van der Waals surface area contributed by atoms with Crippen molar-refractivity contribution in [3.63, 3.8) is 0 Å². The molecule has 0 aliphatic carbocycles. The van der Waals surface area contributed by atoms with Crippen LogP contribution in [0.15, 0.2) is 23.6 Å². The van der Waals surface area contributed by atoms with Crippen LogP contribution in [0.4, 0.5) is 11.4 Å². The molecule has 0 unspecified atom stereocenters. The third-order valence-corrected chi connectivity index (χ3v) is 4.94. The number of aromatic nitrogens is 1. The summed E-state index contributed by atoms with van der Waals surface area (Å²) >= 11 is 1.31. The Hall–Kier alpha value is -2.72. The average molecular weight is 340 g/mol. The van der Waals surface area contributed by atoms with Crippen LogP contribution in [0, 0.1) is 18.3 Å². The molecule has 1 aromatic heterocycles. The molecule has 1 amide bonds. The highest BCUT2D eigenvalue weighted by atomic mass is 32.1. The number of hydrogen-bond acceptors (Lipinski definition) is 6. The number of Topliss-reactive ketones (excluding diaryl/α,β-unsaturated/α-hetero) is 1. The van der Waals surface area contributed by atoms with E-state index in [1.165, 1.54) is 11.3 Å². The van der Waals surface area contributed by atoms with Crippen molar-refractivity contribution < 1.29 is 9.59 Å². The fraction of sp³-hybridized carbons (Fsp3) is 0.294. The zero-order valence-electron chi connectivity index (χ0n) is 13.4. The standard InChI is InChI=1S/C17H16N4O2S/c1-10-9-24-17(19-10)12(8-18)16(23)11-3-4-14-13(7-11)20-15(22)5-6-21(14)2/h3-4,7,9,12H,5-6H2,1-2H3,(H,20,22)/t12-/m1/s1. The van der Waals surface area contributed by atoms with Gasteiger partial charge in [-0.1, -0.05) is 0 Å². The van der Waals surface area contributed by atoms with Gasteiger partial charge in [0.15, 0.2) is 11.7 Å². The second-order valence-corrected chi connectivity index (χ2v) is 6.59. The lowest BCUT2D eigenvalue weighted by atomic mass is 9.98. The number of amides is 1. The summed E-state index contributed by atoms with van der Waals surface area (Å²) < 4.78 is 0. The van der Waals surface area contributed by atoms with E-state index in [1.54, 1.807) is 18.2 Å². The van der Waals surface area contributed by atoms with Crippen LogP contribution in [0.3, 0.4) is 0 Å². The van der Waals surface area contributed by atoms with E-state index in [1.807, 2.05) is 30.3 Å². The first kappa shape index (κ1) is 16.1. The molecule has 1 aliphatic rings. The summed E-state index contributed by atoms with van der Waals surface area (Å²) in [5.74, 6) is -1.32. The summed E-state index contributed by atoms with van der Waals surface area (Å²) in [7, 11) is 1.90. The largest absolute Gasteiger partial charge is 0.372 e. The minimum absolute atomic E-state index is 0.0856. The number of ketones is 1. The molecule has 0 bridgehead atoms. The average Bonchev–Trinajstić information content (AvgIpc) is 2.93. The van der Waals surface area contributed by atoms with Crippen molar-refractivity contribution in [2.45, 2.75) is 19.3 Å². The van der Waals surface area contributed by atoms with Crippen LogP contribution < -0.4 is 10.2 Å². The third-order valence-electron chi connectivity index (χ3n) is 3.92. The van der Waals surface area contributed by atoms with Crippen LogP contribution in [0.2, 0.25) is 0 Å². The molecule has 0 fully saturated rings. The number of thiazole rings is 1. The Kier molecular flexibility index (Phi) is 4.32. The van der Waals surface area contributed by atoms with E-state index >= 15 is 0 Å². The third kappa shape index (κ3) is 3.01. The predicted molar refractivity (Wildman–Crippen MR) is 92.5 cm³/mol. The highest BCUT2D eigenvalue weighted by Crippen LogP contribution is 2.31. The van der Waals surface area contributed by atoms with Crippen LogP contribution in [0.5, 0.6) is 0 Å². The van der Waals surface area contributed by atoms with E-state index in [2.05, 4.69) is 10.3 Å². The first-order valence-corrected chi connectivity index (χ1v) is 8.38. The highest BCUT2D eigenvalue weighted by Gasteiger charge is 2.26. The van der Waals surface area contributed by atoms with Crippen LogP contribution >= 0.6 is 11.3 Å². The summed E-state index contributed by atoms with van der Waals surface area (Å²) in [6.45, 7) is 2.44. The number of carbonyl (C=O) groups is 2. The van der Waals surface area contributed by atoms with E-state index < -0.39 is 5.92 Å². The molecule has 0 radical (unpaired) electrons. The van der Waals surface area contributed by atoms with Crippen molar-refractivity contribution >= 4 is 34.4 Å². The molecule has 122 valence electrons. The second kappa shape index (κ2) is 6.42. The monoisotopic (exact) mass is 340 g/mol. The quantitative estimate of drug-likeness (QED) is 0.868. The van der Waals surface area contributed by atoms with E-state index in [-0.39, 0.29) is 11.7 Å². The molecular formula is C17H16N4O2S. The van der Waals surface area contributed by atoms with E-state index in [0.29, 0.717) is 29.2 Å². The van der Waals surface area contributed by atoms with E-state index in [0.717, 1.165) is 11.4 Å². The smallest absolute Gasteiger partial charge is 0.226 e. The van der Waals surface area contributed by atoms with Crippen LogP contribution in [-0.4, -0.2) is 30.3 Å². The number of fused-ring (bicyclic) bond motifs is 1. The van der Waals surface area contributed by atoms with Gasteiger partial charge >= 0.3 is 0 Å². The molecule has 2 aromatic rings. The normalized spacial score (nSPS) is 15.0. The Balaban J connectivity index is 1.96. The molecule has 24 heavy (non-hydrogen) atoms. The zero-order valence-corrected chi connectivity index (χ0v) is 14.2. The van der Waals surface area contributed by atoms with Crippen LogP contribution in [0.1, 0.15) is 33.4 Å². The van der Waals surface area contributed by atoms with Crippen molar-refractivity contribution in [2.75, 3.05) is 23.8 Å². The maximum atomic E-state index is 12.7. The lowest BCUT2D eigenvalue weighted by Crippen LogP contribution is -2.18. The number of anilines is 2. The summed E-state index contributed by atoms with van der Waals surface area (Å²) in [5.41, 5.74) is 2.64. The van der Waals surface area contributed by atoms with Crippen molar-refractivity contribution in [3.05, 3.63) is 39.8 Å². The molecule has 6 nitrogen and oxygen atoms in total. The topological polar surface area (TPSA) is 86.1 Å². The van der Waals surface area contributed by atoms with Gasteiger partial charge in [0.25, 0.3) is 0 Å². The molecule has 2 heterocycles. The molecule has 7 heteroatoms. The van der Waals surface area contributed by atoms with Crippen LogP contribution in [-0.2, 0) is 4.79 Å². The lowest BCUT2D eigenvalue weighted by Gasteiger charge is -2.19. The SMILES string of the molecule is Cc1csc([C@H](C#N)C(=O)c2ccc3c(c2)NC(=O)CCN3C)n1. The Morgan fingerprint density at radius 1 is 1.50 bits per heavy atom. The van der Waals surface area contributed by atoms with Crippen molar-refractivity contribution in [2.24, 2.45) is 0 Å². The number of rotatable bonds is 3. The second-order valence-electron chi connectivity index (χ2n) is 5.71. The number of hydrogen-bond donors (Lipinski definition) is 1. The molecule has 1 aliphatic heterocycles. The van der Waals surface area contributed by atoms with Gasteiger partial charge in [0.2, 0.25) is 5.91 Å². The molecular weight excluding hydrogens is 324 g/mol. The number of nitrogens with one attached hydrogen (secondary N) is 1. The summed E-state index contributed by atoms with van der Waals surface area (Å²) in [6.07, 6.45) is 0.397. The van der Waals surface area contributed by atoms with Crippen molar-refractivity contribution in [3.8, 4) is 6.07 Å². The molecule has 1 aromatic carbocycles. The molecule has 0 saturated carbocycles. The maximum absolute atomic E-state index is 12.7. The number of nitriles is 1. The minimum Gasteiger partial charge on any atom is -0.372 e. The van der Waals surface area contributed by atoms with Crippen molar-refractivity contribution in [1.29, 1.82) is 5.26 Å². The fourth-order valence-corrected chi connectivity index (χ4v) is 3.46. The predicted octanol–water partition coefficient (Wildman–Crippen LogP) is 2.72. The summed E-state index contributed by atoms with van der Waals surface area (Å²) in [4.78, 5) is 30.8. The van der Waals surface area contributed by atoms with Gasteiger partial charge in [-0.2, -0.15) is 5.26 Å². The maximum Gasteiger partial charge on any atom is 0.226 e. The fourth-order valence-electron chi connectivity index (χ4n) is 2.62. The summed E-state index contributed by atoms with van der Waals surface area (Å²) in [5, 5.41) is 14.5. The van der Waals surface area contributed by atoms with E-state index in [4.69, 9.17) is 0 Å². The molecule has 1 atom stereocenters. The Bertz CT molecular complexity index is 853. The Labute approximate surface area is 143 Å². The van der Waals surface area contributed by atoms with Gasteiger partial charge in [0.05, 0.1) is 17.4 Å². The Morgan fingerprint density at radius 3 is 2.96 bits per heavy atom. The van der Waals surface area contributed by atoms with E-state index in [9.17, 15) is 14.9 Å². The number of aryl methyl sites for hydroxylation is 1. The number of benzene rings is 1.